The monoisotopic (exact) mass is 290 g/mol. The molecule has 0 bridgehead atoms. The van der Waals surface area contributed by atoms with Crippen LogP contribution in [-0.4, -0.2) is 60.0 Å². The van der Waals surface area contributed by atoms with Gasteiger partial charge in [0.2, 0.25) is 5.91 Å². The number of ether oxygens (including phenoxy) is 1. The van der Waals surface area contributed by atoms with Crippen LogP contribution >= 0.6 is 11.6 Å². The highest BCUT2D eigenvalue weighted by Crippen LogP contribution is 2.18. The van der Waals surface area contributed by atoms with Crippen LogP contribution in [0.1, 0.15) is 27.2 Å². The Morgan fingerprint density at radius 2 is 2.05 bits per heavy atom. The normalized spacial score (nSPS) is 19.4. The molecule has 1 heterocycles. The minimum Gasteiger partial charge on any atom is -0.444 e. The molecule has 2 amide bonds. The molecule has 1 aliphatic rings. The van der Waals surface area contributed by atoms with Crippen molar-refractivity contribution in [2.45, 2.75) is 32.8 Å². The summed E-state index contributed by atoms with van der Waals surface area (Å²) in [6, 6.07) is 0. The first-order valence-corrected chi connectivity index (χ1v) is 7.04. The van der Waals surface area contributed by atoms with Crippen LogP contribution in [0.2, 0.25) is 0 Å². The molecule has 19 heavy (non-hydrogen) atoms. The predicted octanol–water partition coefficient (Wildman–Crippen LogP) is 1.94. The van der Waals surface area contributed by atoms with Crippen LogP contribution < -0.4 is 0 Å². The molecule has 1 fully saturated rings. The molecule has 0 saturated carbocycles. The van der Waals surface area contributed by atoms with E-state index < -0.39 is 5.60 Å². The van der Waals surface area contributed by atoms with Crippen LogP contribution in [0.3, 0.4) is 0 Å². The lowest BCUT2D eigenvalue weighted by atomic mass is 10.1. The molecule has 0 N–H and O–H groups in total. The van der Waals surface area contributed by atoms with Gasteiger partial charge in [0.1, 0.15) is 11.5 Å². The number of carbonyl (C=O) groups excluding carboxylic acids is 2. The van der Waals surface area contributed by atoms with Crippen LogP contribution in [0.5, 0.6) is 0 Å². The molecule has 0 aromatic carbocycles. The first kappa shape index (κ1) is 16.1. The SMILES string of the molecule is CN(C[C@@H]1CCN(C(=O)CCl)C1)C(=O)OC(C)(C)C. The molecule has 1 atom stereocenters. The van der Waals surface area contributed by atoms with E-state index >= 15 is 0 Å². The Hall–Kier alpha value is -0.970. The second-order valence-corrected chi connectivity index (χ2v) is 6.26. The zero-order valence-corrected chi connectivity index (χ0v) is 12.9. The van der Waals surface area contributed by atoms with Crippen molar-refractivity contribution >= 4 is 23.6 Å². The summed E-state index contributed by atoms with van der Waals surface area (Å²) < 4.78 is 5.29. The fourth-order valence-electron chi connectivity index (χ4n) is 2.09. The van der Waals surface area contributed by atoms with Gasteiger partial charge in [-0.3, -0.25) is 4.79 Å². The first-order valence-electron chi connectivity index (χ1n) is 6.51. The summed E-state index contributed by atoms with van der Waals surface area (Å²) in [7, 11) is 1.72. The number of hydrogen-bond donors (Lipinski definition) is 0. The van der Waals surface area contributed by atoms with E-state index in [4.69, 9.17) is 16.3 Å². The second kappa shape index (κ2) is 6.46. The molecule has 0 aliphatic carbocycles. The van der Waals surface area contributed by atoms with Crippen molar-refractivity contribution in [3.05, 3.63) is 0 Å². The molecule has 110 valence electrons. The third-order valence-electron chi connectivity index (χ3n) is 2.99. The maximum atomic E-state index is 11.8. The van der Waals surface area contributed by atoms with Gasteiger partial charge in [0.25, 0.3) is 0 Å². The maximum absolute atomic E-state index is 11.8. The standard InChI is InChI=1S/C13H23ClN2O3/c1-13(2,3)19-12(18)15(4)8-10-5-6-16(9-10)11(17)7-14/h10H,5-9H2,1-4H3/t10-/m0/s1. The maximum Gasteiger partial charge on any atom is 0.410 e. The Kier molecular flexibility index (Phi) is 5.47. The van der Waals surface area contributed by atoms with Gasteiger partial charge in [-0.15, -0.1) is 11.6 Å². The van der Waals surface area contributed by atoms with Crippen molar-refractivity contribution in [2.24, 2.45) is 5.92 Å². The summed E-state index contributed by atoms with van der Waals surface area (Å²) in [5.74, 6) is 0.281. The van der Waals surface area contributed by atoms with Gasteiger partial charge >= 0.3 is 6.09 Å². The lowest BCUT2D eigenvalue weighted by Gasteiger charge is -2.26. The molecular weight excluding hydrogens is 268 g/mol. The molecule has 0 spiro atoms. The van der Waals surface area contributed by atoms with Gasteiger partial charge in [-0.2, -0.15) is 0 Å². The van der Waals surface area contributed by atoms with E-state index in [0.717, 1.165) is 13.0 Å². The summed E-state index contributed by atoms with van der Waals surface area (Å²) in [5, 5.41) is 0. The molecule has 1 saturated heterocycles. The molecule has 6 heteroatoms. The average molecular weight is 291 g/mol. The Morgan fingerprint density at radius 3 is 2.58 bits per heavy atom. The largest absolute Gasteiger partial charge is 0.444 e. The highest BCUT2D eigenvalue weighted by atomic mass is 35.5. The smallest absolute Gasteiger partial charge is 0.410 e. The summed E-state index contributed by atoms with van der Waals surface area (Å²) in [4.78, 5) is 26.6. The highest BCUT2D eigenvalue weighted by molar-refractivity contribution is 6.27. The van der Waals surface area contributed by atoms with E-state index in [-0.39, 0.29) is 17.9 Å². The first-order chi connectivity index (χ1) is 8.73. The number of amides is 2. The number of alkyl halides is 1. The van der Waals surface area contributed by atoms with Gasteiger partial charge in [-0.05, 0) is 33.1 Å². The Labute approximate surface area is 119 Å². The van der Waals surface area contributed by atoms with E-state index in [9.17, 15) is 9.59 Å². The number of carbonyl (C=O) groups is 2. The van der Waals surface area contributed by atoms with E-state index in [1.54, 1.807) is 16.8 Å². The highest BCUT2D eigenvalue weighted by Gasteiger charge is 2.28. The molecule has 1 aliphatic heterocycles. The fraction of sp³-hybridized carbons (Fsp3) is 0.846. The van der Waals surface area contributed by atoms with Crippen LogP contribution in [0.4, 0.5) is 4.79 Å². The van der Waals surface area contributed by atoms with Crippen LogP contribution in [0.15, 0.2) is 0 Å². The van der Waals surface area contributed by atoms with Crippen molar-refractivity contribution in [3.8, 4) is 0 Å². The third-order valence-corrected chi connectivity index (χ3v) is 3.22. The summed E-state index contributed by atoms with van der Waals surface area (Å²) >= 11 is 5.53. The molecule has 0 aromatic rings. The quantitative estimate of drug-likeness (QED) is 0.747. The number of halogens is 1. The van der Waals surface area contributed by atoms with Crippen molar-refractivity contribution in [1.29, 1.82) is 0 Å². The minimum atomic E-state index is -0.484. The molecular formula is C13H23ClN2O3. The van der Waals surface area contributed by atoms with Gasteiger partial charge in [0.05, 0.1) is 0 Å². The van der Waals surface area contributed by atoms with Gasteiger partial charge < -0.3 is 14.5 Å². The van der Waals surface area contributed by atoms with Gasteiger partial charge in [-0.25, -0.2) is 4.79 Å². The molecule has 5 nitrogen and oxygen atoms in total. The molecule has 0 radical (unpaired) electrons. The van der Waals surface area contributed by atoms with E-state index in [1.165, 1.54) is 0 Å². The Balaban J connectivity index is 2.40. The van der Waals surface area contributed by atoms with E-state index in [1.807, 2.05) is 20.8 Å². The van der Waals surface area contributed by atoms with Gasteiger partial charge in [-0.1, -0.05) is 0 Å². The van der Waals surface area contributed by atoms with Crippen LogP contribution in [-0.2, 0) is 9.53 Å². The zero-order chi connectivity index (χ0) is 14.6. The second-order valence-electron chi connectivity index (χ2n) is 5.99. The minimum absolute atomic E-state index is 0.0224. The van der Waals surface area contributed by atoms with Crippen molar-refractivity contribution in [2.75, 3.05) is 32.6 Å². The molecule has 0 unspecified atom stereocenters. The fourth-order valence-corrected chi connectivity index (χ4v) is 2.26. The van der Waals surface area contributed by atoms with E-state index in [2.05, 4.69) is 0 Å². The van der Waals surface area contributed by atoms with Crippen molar-refractivity contribution < 1.29 is 14.3 Å². The number of likely N-dealkylation sites (tertiary alicyclic amines) is 1. The Bertz CT molecular complexity index is 341. The van der Waals surface area contributed by atoms with Crippen LogP contribution in [0, 0.1) is 5.92 Å². The van der Waals surface area contributed by atoms with Crippen molar-refractivity contribution in [3.63, 3.8) is 0 Å². The third kappa shape index (κ3) is 5.27. The lowest BCUT2D eigenvalue weighted by molar-refractivity contribution is -0.127. The topological polar surface area (TPSA) is 49.9 Å². The number of hydrogen-bond acceptors (Lipinski definition) is 3. The molecule has 1 rings (SSSR count). The lowest BCUT2D eigenvalue weighted by Crippen LogP contribution is -2.38. The van der Waals surface area contributed by atoms with Gasteiger partial charge in [0.15, 0.2) is 0 Å². The average Bonchev–Trinajstić information content (AvgIpc) is 2.74. The Morgan fingerprint density at radius 1 is 1.42 bits per heavy atom. The summed E-state index contributed by atoms with van der Waals surface area (Å²) in [6.07, 6.45) is 0.574. The number of nitrogens with zero attached hydrogens (tertiary/aromatic N) is 2. The van der Waals surface area contributed by atoms with Crippen molar-refractivity contribution in [1.82, 2.24) is 9.80 Å². The van der Waals surface area contributed by atoms with Gasteiger partial charge in [0, 0.05) is 26.7 Å². The molecule has 0 aromatic heterocycles. The summed E-state index contributed by atoms with van der Waals surface area (Å²) in [5.41, 5.74) is -0.484. The van der Waals surface area contributed by atoms with Crippen LogP contribution in [0.25, 0.3) is 0 Å². The summed E-state index contributed by atoms with van der Waals surface area (Å²) in [6.45, 7) is 7.51. The zero-order valence-electron chi connectivity index (χ0n) is 12.1. The van der Waals surface area contributed by atoms with E-state index in [0.29, 0.717) is 19.0 Å². The number of rotatable bonds is 3. The predicted molar refractivity (Wildman–Crippen MR) is 74.3 cm³/mol.